The van der Waals surface area contributed by atoms with E-state index in [4.69, 9.17) is 9.47 Å². The van der Waals surface area contributed by atoms with Crippen LogP contribution in [0.25, 0.3) is 5.69 Å². The smallest absolute Gasteiger partial charge is 0.138 e. The maximum absolute atomic E-state index is 14.6. The predicted octanol–water partition coefficient (Wildman–Crippen LogP) is 2.64. The molecule has 2 atom stereocenters. The molecule has 2 heterocycles. The van der Waals surface area contributed by atoms with Gasteiger partial charge in [0.25, 0.3) is 0 Å². The molecule has 0 saturated heterocycles. The van der Waals surface area contributed by atoms with E-state index in [1.165, 1.54) is 23.4 Å². The fourth-order valence-electron chi connectivity index (χ4n) is 3.41. The molecule has 0 aliphatic carbocycles. The van der Waals surface area contributed by atoms with E-state index in [9.17, 15) is 13.9 Å². The van der Waals surface area contributed by atoms with Crippen molar-refractivity contribution in [3.63, 3.8) is 0 Å². The van der Waals surface area contributed by atoms with Crippen LogP contribution < -0.4 is 4.74 Å². The number of halogens is 2. The summed E-state index contributed by atoms with van der Waals surface area (Å²) in [6, 6.07) is 10.3. The van der Waals surface area contributed by atoms with Crippen LogP contribution >= 0.6 is 0 Å². The summed E-state index contributed by atoms with van der Waals surface area (Å²) in [5, 5.41) is 23.6. The number of benzene rings is 2. The van der Waals surface area contributed by atoms with Crippen LogP contribution in [0.15, 0.2) is 61.3 Å². The molecule has 0 aliphatic rings. The molecule has 0 radical (unpaired) electrons. The SMILES string of the molecule is COc1ccc(-n2cc(CO[C@H](C)[C@](O)(Cn3cncn3)c3ccc(F)cc3F)nn2)cc1. The summed E-state index contributed by atoms with van der Waals surface area (Å²) >= 11 is 0. The van der Waals surface area contributed by atoms with Gasteiger partial charge in [0.15, 0.2) is 0 Å². The quantitative estimate of drug-likeness (QED) is 0.413. The van der Waals surface area contributed by atoms with Gasteiger partial charge in [-0.05, 0) is 37.3 Å². The number of rotatable bonds is 9. The van der Waals surface area contributed by atoms with Gasteiger partial charge < -0.3 is 14.6 Å². The molecule has 33 heavy (non-hydrogen) atoms. The monoisotopic (exact) mass is 456 g/mol. The van der Waals surface area contributed by atoms with Gasteiger partial charge in [0.2, 0.25) is 0 Å². The average Bonchev–Trinajstić information content (AvgIpc) is 3.49. The highest BCUT2D eigenvalue weighted by molar-refractivity contribution is 5.36. The number of ether oxygens (including phenoxy) is 2. The van der Waals surface area contributed by atoms with E-state index in [0.717, 1.165) is 23.6 Å². The van der Waals surface area contributed by atoms with Gasteiger partial charge in [-0.2, -0.15) is 5.10 Å². The van der Waals surface area contributed by atoms with Crippen molar-refractivity contribution in [3.05, 3.63) is 84.2 Å². The van der Waals surface area contributed by atoms with E-state index >= 15 is 0 Å². The van der Waals surface area contributed by atoms with Crippen molar-refractivity contribution >= 4 is 0 Å². The van der Waals surface area contributed by atoms with E-state index in [2.05, 4.69) is 20.4 Å². The van der Waals surface area contributed by atoms with Crippen molar-refractivity contribution in [1.29, 1.82) is 0 Å². The van der Waals surface area contributed by atoms with Crippen LogP contribution in [0.4, 0.5) is 8.78 Å². The van der Waals surface area contributed by atoms with Gasteiger partial charge in [-0.1, -0.05) is 11.3 Å². The Morgan fingerprint density at radius 2 is 1.94 bits per heavy atom. The molecule has 4 aromatic rings. The molecular formula is C22H22F2N6O3. The van der Waals surface area contributed by atoms with Gasteiger partial charge in [0.1, 0.15) is 41.3 Å². The Balaban J connectivity index is 1.52. The van der Waals surface area contributed by atoms with Crippen molar-refractivity contribution in [2.75, 3.05) is 7.11 Å². The predicted molar refractivity (Wildman–Crippen MR) is 112 cm³/mol. The number of nitrogens with zero attached hydrogens (tertiary/aromatic N) is 6. The molecule has 0 unspecified atom stereocenters. The second kappa shape index (κ2) is 9.43. The fraction of sp³-hybridized carbons (Fsp3) is 0.273. The lowest BCUT2D eigenvalue weighted by atomic mass is 9.88. The minimum atomic E-state index is -1.86. The lowest BCUT2D eigenvalue weighted by Crippen LogP contribution is -2.44. The minimum absolute atomic E-state index is 0.000196. The zero-order valence-corrected chi connectivity index (χ0v) is 18.0. The zero-order chi connectivity index (χ0) is 23.4. The van der Waals surface area contributed by atoms with Crippen molar-refractivity contribution in [2.24, 2.45) is 0 Å². The summed E-state index contributed by atoms with van der Waals surface area (Å²) in [7, 11) is 1.59. The number of hydrogen-bond acceptors (Lipinski definition) is 7. The molecule has 0 aliphatic heterocycles. The first-order valence-electron chi connectivity index (χ1n) is 10.1. The van der Waals surface area contributed by atoms with Crippen LogP contribution in [-0.4, -0.2) is 48.1 Å². The standard InChI is InChI=1S/C22H22F2N6O3/c1-15(33-11-17-10-30(28-27-17)18-4-6-19(32-2)7-5-18)22(31,12-29-14-25-13-26-29)20-8-3-16(23)9-21(20)24/h3-10,13-15,31H,11-12H2,1-2H3/t15-,22-/m1/s1. The highest BCUT2D eigenvalue weighted by Crippen LogP contribution is 2.32. The molecule has 0 fully saturated rings. The maximum atomic E-state index is 14.6. The van der Waals surface area contributed by atoms with Crippen LogP contribution in [0, 0.1) is 11.6 Å². The lowest BCUT2D eigenvalue weighted by Gasteiger charge is -2.34. The van der Waals surface area contributed by atoms with Gasteiger partial charge in [-0.15, -0.1) is 5.10 Å². The highest BCUT2D eigenvalue weighted by Gasteiger charge is 2.40. The van der Waals surface area contributed by atoms with Gasteiger partial charge >= 0.3 is 0 Å². The van der Waals surface area contributed by atoms with Crippen molar-refractivity contribution in [2.45, 2.75) is 31.8 Å². The summed E-state index contributed by atoms with van der Waals surface area (Å²) in [6.45, 7) is 1.43. The van der Waals surface area contributed by atoms with Crippen LogP contribution in [0.2, 0.25) is 0 Å². The van der Waals surface area contributed by atoms with E-state index in [1.807, 2.05) is 12.1 Å². The Morgan fingerprint density at radius 1 is 1.15 bits per heavy atom. The first-order chi connectivity index (χ1) is 15.9. The summed E-state index contributed by atoms with van der Waals surface area (Å²) in [5.41, 5.74) is -0.704. The maximum Gasteiger partial charge on any atom is 0.138 e. The molecule has 172 valence electrons. The number of aliphatic hydroxyl groups is 1. The summed E-state index contributed by atoms with van der Waals surface area (Å²) in [5.74, 6) is -0.919. The van der Waals surface area contributed by atoms with E-state index in [-0.39, 0.29) is 18.7 Å². The zero-order valence-electron chi connectivity index (χ0n) is 18.0. The second-order valence-corrected chi connectivity index (χ2v) is 7.45. The van der Waals surface area contributed by atoms with E-state index < -0.39 is 23.3 Å². The summed E-state index contributed by atoms with van der Waals surface area (Å²) in [6.07, 6.45) is 3.45. The number of methoxy groups -OCH3 is 1. The van der Waals surface area contributed by atoms with Gasteiger partial charge in [-0.3, -0.25) is 0 Å². The third-order valence-corrected chi connectivity index (χ3v) is 5.30. The fourth-order valence-corrected chi connectivity index (χ4v) is 3.41. The largest absolute Gasteiger partial charge is 0.497 e. The third-order valence-electron chi connectivity index (χ3n) is 5.30. The van der Waals surface area contributed by atoms with Crippen LogP contribution in [-0.2, 0) is 23.5 Å². The first kappa shape index (κ1) is 22.5. The molecule has 4 rings (SSSR count). The Morgan fingerprint density at radius 3 is 2.61 bits per heavy atom. The molecule has 2 aromatic heterocycles. The molecule has 0 saturated carbocycles. The Hall–Kier alpha value is -3.70. The van der Waals surface area contributed by atoms with Gasteiger partial charge in [0.05, 0.1) is 38.2 Å². The molecule has 0 bridgehead atoms. The Kier molecular flexibility index (Phi) is 6.43. The topological polar surface area (TPSA) is 100 Å². The third kappa shape index (κ3) is 4.89. The Labute approximate surface area is 188 Å². The van der Waals surface area contributed by atoms with Crippen molar-refractivity contribution in [3.8, 4) is 11.4 Å². The van der Waals surface area contributed by atoms with E-state index in [0.29, 0.717) is 5.69 Å². The molecule has 2 aromatic carbocycles. The summed E-state index contributed by atoms with van der Waals surface area (Å²) < 4.78 is 42.0. The highest BCUT2D eigenvalue weighted by atomic mass is 19.1. The molecule has 9 nitrogen and oxygen atoms in total. The van der Waals surface area contributed by atoms with Gasteiger partial charge in [0, 0.05) is 11.6 Å². The number of aromatic nitrogens is 6. The van der Waals surface area contributed by atoms with E-state index in [1.54, 1.807) is 37.0 Å². The molecule has 11 heteroatoms. The normalized spacial score (nSPS) is 14.1. The van der Waals surface area contributed by atoms with Crippen molar-refractivity contribution in [1.82, 2.24) is 29.8 Å². The Bertz CT molecular complexity index is 1200. The van der Waals surface area contributed by atoms with Crippen LogP contribution in [0.1, 0.15) is 18.2 Å². The average molecular weight is 456 g/mol. The molecular weight excluding hydrogens is 434 g/mol. The lowest BCUT2D eigenvalue weighted by molar-refractivity contribution is -0.124. The second-order valence-electron chi connectivity index (χ2n) is 7.45. The number of hydrogen-bond donors (Lipinski definition) is 1. The minimum Gasteiger partial charge on any atom is -0.497 e. The molecule has 0 spiro atoms. The van der Waals surface area contributed by atoms with Gasteiger partial charge in [-0.25, -0.2) is 23.1 Å². The summed E-state index contributed by atoms with van der Waals surface area (Å²) in [4.78, 5) is 3.85. The molecule has 0 amide bonds. The van der Waals surface area contributed by atoms with Crippen molar-refractivity contribution < 1.29 is 23.4 Å². The first-order valence-corrected chi connectivity index (χ1v) is 10.1. The van der Waals surface area contributed by atoms with Crippen LogP contribution in [0.3, 0.4) is 0 Å². The van der Waals surface area contributed by atoms with Crippen LogP contribution in [0.5, 0.6) is 5.75 Å². The molecule has 1 N–H and O–H groups in total.